The average molecular weight is 465 g/mol. The first-order valence-corrected chi connectivity index (χ1v) is 12.3. The molecule has 0 spiro atoms. The van der Waals surface area contributed by atoms with Crippen molar-refractivity contribution in [2.24, 2.45) is 11.8 Å². The van der Waals surface area contributed by atoms with Crippen molar-refractivity contribution in [1.82, 2.24) is 9.03 Å². The SMILES string of the molecule is O=S(=O)(NCC1CC1)N1C[C@H](S)C[C@]1(COCc1cc(F)c(F)cc1F)CC1CC1. The van der Waals surface area contributed by atoms with Crippen molar-refractivity contribution >= 4 is 22.8 Å². The largest absolute Gasteiger partial charge is 0.375 e. The van der Waals surface area contributed by atoms with E-state index in [1.807, 2.05) is 0 Å². The van der Waals surface area contributed by atoms with Crippen LogP contribution in [0.2, 0.25) is 0 Å². The molecule has 1 heterocycles. The molecule has 0 bridgehead atoms. The lowest BCUT2D eigenvalue weighted by Gasteiger charge is -2.37. The van der Waals surface area contributed by atoms with Gasteiger partial charge in [-0.15, -0.1) is 0 Å². The molecule has 1 aliphatic heterocycles. The lowest BCUT2D eigenvalue weighted by atomic mass is 9.91. The highest BCUT2D eigenvalue weighted by atomic mass is 32.2. The fraction of sp³-hybridized carbons (Fsp3) is 0.700. The Hall–Kier alpha value is -0.810. The maximum atomic E-state index is 13.9. The van der Waals surface area contributed by atoms with Gasteiger partial charge in [0.25, 0.3) is 10.2 Å². The van der Waals surface area contributed by atoms with E-state index in [1.165, 1.54) is 4.31 Å². The molecule has 4 rings (SSSR count). The number of hydrogen-bond donors (Lipinski definition) is 2. The molecule has 0 unspecified atom stereocenters. The topological polar surface area (TPSA) is 58.6 Å². The van der Waals surface area contributed by atoms with Crippen LogP contribution in [0.1, 0.15) is 44.1 Å². The van der Waals surface area contributed by atoms with E-state index in [1.54, 1.807) is 0 Å². The molecule has 1 aromatic rings. The number of rotatable bonds is 10. The van der Waals surface area contributed by atoms with Gasteiger partial charge in [-0.2, -0.15) is 25.4 Å². The van der Waals surface area contributed by atoms with Crippen molar-refractivity contribution in [2.75, 3.05) is 19.7 Å². The summed E-state index contributed by atoms with van der Waals surface area (Å²) in [6.07, 6.45) is 5.33. The van der Waals surface area contributed by atoms with Gasteiger partial charge in [0.05, 0.1) is 18.8 Å². The molecule has 0 amide bonds. The maximum Gasteiger partial charge on any atom is 0.280 e. The quantitative estimate of drug-likeness (QED) is 0.412. The van der Waals surface area contributed by atoms with Crippen molar-refractivity contribution < 1.29 is 26.3 Å². The third kappa shape index (κ3) is 5.15. The summed E-state index contributed by atoms with van der Waals surface area (Å²) >= 11 is 4.55. The molecule has 168 valence electrons. The van der Waals surface area contributed by atoms with Crippen molar-refractivity contribution in [1.29, 1.82) is 0 Å². The first-order valence-electron chi connectivity index (χ1n) is 10.4. The average Bonchev–Trinajstić information content (AvgIpc) is 3.58. The van der Waals surface area contributed by atoms with Gasteiger partial charge >= 0.3 is 0 Å². The number of thiol groups is 1. The van der Waals surface area contributed by atoms with Crippen LogP contribution in [-0.4, -0.2) is 43.2 Å². The summed E-state index contributed by atoms with van der Waals surface area (Å²) in [5.74, 6) is -2.46. The highest BCUT2D eigenvalue weighted by molar-refractivity contribution is 7.87. The summed E-state index contributed by atoms with van der Waals surface area (Å²) in [5, 5.41) is -0.134. The Morgan fingerprint density at radius 3 is 2.43 bits per heavy atom. The lowest BCUT2D eigenvalue weighted by Crippen LogP contribution is -2.54. The minimum absolute atomic E-state index is 0.0450. The number of benzene rings is 1. The number of halogens is 3. The molecular weight excluding hydrogens is 437 g/mol. The summed E-state index contributed by atoms with van der Waals surface area (Å²) in [7, 11) is -3.72. The van der Waals surface area contributed by atoms with E-state index < -0.39 is 33.2 Å². The summed E-state index contributed by atoms with van der Waals surface area (Å²) in [5.41, 5.74) is -0.880. The Balaban J connectivity index is 1.49. The first-order chi connectivity index (χ1) is 14.2. The Morgan fingerprint density at radius 1 is 1.10 bits per heavy atom. The molecule has 1 N–H and O–H groups in total. The second-order valence-corrected chi connectivity index (χ2v) is 11.3. The Bertz CT molecular complexity index is 894. The first kappa shape index (κ1) is 22.4. The minimum Gasteiger partial charge on any atom is -0.375 e. The maximum absolute atomic E-state index is 13.9. The summed E-state index contributed by atoms with van der Waals surface area (Å²) < 4.78 is 76.6. The van der Waals surface area contributed by atoms with Crippen molar-refractivity contribution in [2.45, 2.75) is 55.9 Å². The van der Waals surface area contributed by atoms with Gasteiger partial charge in [-0.25, -0.2) is 17.9 Å². The third-order valence-electron chi connectivity index (χ3n) is 6.15. The van der Waals surface area contributed by atoms with E-state index in [0.717, 1.165) is 31.7 Å². The molecule has 5 nitrogen and oxygen atoms in total. The lowest BCUT2D eigenvalue weighted by molar-refractivity contribution is 0.0281. The molecule has 30 heavy (non-hydrogen) atoms. The summed E-state index contributed by atoms with van der Waals surface area (Å²) in [6, 6.07) is 1.27. The van der Waals surface area contributed by atoms with Gasteiger partial charge in [0.15, 0.2) is 11.6 Å². The van der Waals surface area contributed by atoms with Gasteiger partial charge in [-0.3, -0.25) is 0 Å². The van der Waals surface area contributed by atoms with Crippen LogP contribution in [0.5, 0.6) is 0 Å². The smallest absolute Gasteiger partial charge is 0.280 e. The molecule has 1 saturated heterocycles. The predicted octanol–water partition coefficient (Wildman–Crippen LogP) is 3.41. The van der Waals surface area contributed by atoms with E-state index >= 15 is 0 Å². The molecular formula is C20H27F3N2O3S2. The van der Waals surface area contributed by atoms with Crippen LogP contribution >= 0.6 is 12.6 Å². The summed E-state index contributed by atoms with van der Waals surface area (Å²) in [4.78, 5) is 0. The number of nitrogens with one attached hydrogen (secondary N) is 1. The van der Waals surface area contributed by atoms with E-state index in [0.29, 0.717) is 37.3 Å². The molecule has 10 heteroatoms. The molecule has 2 atom stereocenters. The molecule has 0 aromatic heterocycles. The van der Waals surface area contributed by atoms with Gasteiger partial charge < -0.3 is 4.74 Å². The molecule has 2 aliphatic carbocycles. The Labute approximate surface area is 180 Å². The van der Waals surface area contributed by atoms with Gasteiger partial charge in [0, 0.05) is 30.0 Å². The van der Waals surface area contributed by atoms with E-state index in [2.05, 4.69) is 17.4 Å². The van der Waals surface area contributed by atoms with Crippen LogP contribution in [0.4, 0.5) is 13.2 Å². The van der Waals surface area contributed by atoms with Crippen LogP contribution in [0.3, 0.4) is 0 Å². The highest BCUT2D eigenvalue weighted by Gasteiger charge is 2.52. The molecule has 2 saturated carbocycles. The molecule has 1 aromatic carbocycles. The number of ether oxygens (including phenoxy) is 1. The second kappa shape index (κ2) is 8.61. The van der Waals surface area contributed by atoms with Crippen molar-refractivity contribution in [3.63, 3.8) is 0 Å². The van der Waals surface area contributed by atoms with Crippen LogP contribution in [0.25, 0.3) is 0 Å². The van der Waals surface area contributed by atoms with E-state index in [9.17, 15) is 21.6 Å². The van der Waals surface area contributed by atoms with Crippen molar-refractivity contribution in [3.8, 4) is 0 Å². The fourth-order valence-corrected chi connectivity index (χ4v) is 6.53. The van der Waals surface area contributed by atoms with Gasteiger partial charge in [-0.1, -0.05) is 12.8 Å². The van der Waals surface area contributed by atoms with Gasteiger partial charge in [0.1, 0.15) is 5.82 Å². The van der Waals surface area contributed by atoms with Crippen LogP contribution in [0, 0.1) is 29.3 Å². The zero-order valence-electron chi connectivity index (χ0n) is 16.6. The van der Waals surface area contributed by atoms with Crippen LogP contribution in [0.15, 0.2) is 12.1 Å². The third-order valence-corrected chi connectivity index (χ3v) is 8.14. The zero-order chi connectivity index (χ0) is 21.5. The Kier molecular flexibility index (Phi) is 6.43. The van der Waals surface area contributed by atoms with Gasteiger partial charge in [-0.05, 0) is 43.6 Å². The molecule has 3 aliphatic rings. The van der Waals surface area contributed by atoms with Crippen LogP contribution in [-0.2, 0) is 21.6 Å². The Morgan fingerprint density at radius 2 is 1.77 bits per heavy atom. The summed E-state index contributed by atoms with van der Waals surface area (Å²) in [6.45, 7) is 0.481. The van der Waals surface area contributed by atoms with Crippen LogP contribution < -0.4 is 4.72 Å². The number of hydrogen-bond acceptors (Lipinski definition) is 4. The molecule has 3 fully saturated rings. The van der Waals surface area contributed by atoms with E-state index in [4.69, 9.17) is 4.74 Å². The number of nitrogens with zero attached hydrogens (tertiary/aromatic N) is 1. The normalized spacial score (nSPS) is 27.7. The predicted molar refractivity (Wildman–Crippen MR) is 110 cm³/mol. The van der Waals surface area contributed by atoms with Crippen molar-refractivity contribution in [3.05, 3.63) is 35.1 Å². The monoisotopic (exact) mass is 464 g/mol. The second-order valence-electron chi connectivity index (χ2n) is 8.91. The zero-order valence-corrected chi connectivity index (χ0v) is 18.3. The van der Waals surface area contributed by atoms with Gasteiger partial charge in [0.2, 0.25) is 0 Å². The van der Waals surface area contributed by atoms with E-state index in [-0.39, 0.29) is 30.6 Å². The standard InChI is InChI=1S/C20H27F3N2O3S2/c21-17-6-19(23)18(22)5-15(17)11-28-12-20(7-13-1-2-13)8-16(29)10-25(20)30(26,27)24-9-14-3-4-14/h5-6,13-14,16,24,29H,1-4,7-12H2/t16-,20+/m1/s1. The molecule has 0 radical (unpaired) electrons. The minimum atomic E-state index is -3.72. The highest BCUT2D eigenvalue weighted by Crippen LogP contribution is 2.46. The fourth-order valence-electron chi connectivity index (χ4n) is 4.23.